The molecule has 6 aromatic rings. The molecule has 1 fully saturated rings. The highest BCUT2D eigenvalue weighted by Gasteiger charge is 2.19. The monoisotopic (exact) mass is 526 g/mol. The van der Waals surface area contributed by atoms with Crippen molar-refractivity contribution in [2.24, 2.45) is 0 Å². The van der Waals surface area contributed by atoms with Gasteiger partial charge in [0.2, 0.25) is 0 Å². The third kappa shape index (κ3) is 4.68. The summed E-state index contributed by atoms with van der Waals surface area (Å²) in [6.45, 7) is 6.34. The number of anilines is 2. The largest absolute Gasteiger partial charge is 0.370 e. The predicted octanol–water partition coefficient (Wildman–Crippen LogP) is 6.72. The number of hydrogen-bond donors (Lipinski definition) is 3. The van der Waals surface area contributed by atoms with Crippen LogP contribution < -0.4 is 10.2 Å². The van der Waals surface area contributed by atoms with Gasteiger partial charge in [-0.05, 0) is 55.2 Å². The molecule has 40 heavy (non-hydrogen) atoms. The van der Waals surface area contributed by atoms with E-state index in [0.29, 0.717) is 11.5 Å². The SMILES string of the molecule is C=C(Cc1ccccc1)Nc1cncc(-c2ccc3[nH]nc(-c4nc5c(N6CCCCC6)cccc5[nH]4)c3n2)c1. The maximum absolute atomic E-state index is 5.01. The number of nitrogens with zero attached hydrogens (tertiary/aromatic N) is 5. The van der Waals surface area contributed by atoms with Crippen molar-refractivity contribution in [3.8, 4) is 22.8 Å². The van der Waals surface area contributed by atoms with Crippen molar-refractivity contribution in [3.05, 3.63) is 97.0 Å². The zero-order chi connectivity index (χ0) is 26.9. The summed E-state index contributed by atoms with van der Waals surface area (Å²) >= 11 is 0. The fourth-order valence-electron chi connectivity index (χ4n) is 5.48. The van der Waals surface area contributed by atoms with Gasteiger partial charge in [-0.3, -0.25) is 10.1 Å². The number of allylic oxidation sites excluding steroid dienone is 1. The summed E-state index contributed by atoms with van der Waals surface area (Å²) in [5.41, 5.74) is 10.2. The van der Waals surface area contributed by atoms with Crippen LogP contribution in [0.5, 0.6) is 0 Å². The molecule has 0 aliphatic carbocycles. The van der Waals surface area contributed by atoms with Crippen molar-refractivity contribution in [3.63, 3.8) is 0 Å². The number of fused-ring (bicyclic) bond motifs is 2. The summed E-state index contributed by atoms with van der Waals surface area (Å²) < 4.78 is 0. The molecule has 0 radical (unpaired) electrons. The van der Waals surface area contributed by atoms with Crippen LogP contribution in [-0.4, -0.2) is 43.2 Å². The molecule has 1 aliphatic rings. The number of aromatic nitrogens is 6. The van der Waals surface area contributed by atoms with Gasteiger partial charge in [-0.2, -0.15) is 5.10 Å². The van der Waals surface area contributed by atoms with Crippen molar-refractivity contribution in [2.45, 2.75) is 25.7 Å². The van der Waals surface area contributed by atoms with Crippen molar-refractivity contribution >= 4 is 33.4 Å². The van der Waals surface area contributed by atoms with E-state index in [1.54, 1.807) is 6.20 Å². The molecule has 198 valence electrons. The normalized spacial score (nSPS) is 13.7. The Morgan fingerprint density at radius 2 is 1.75 bits per heavy atom. The van der Waals surface area contributed by atoms with Gasteiger partial charge in [0.05, 0.1) is 34.3 Å². The second kappa shape index (κ2) is 10.3. The van der Waals surface area contributed by atoms with Crippen LogP contribution in [-0.2, 0) is 6.42 Å². The Morgan fingerprint density at radius 3 is 2.62 bits per heavy atom. The van der Waals surface area contributed by atoms with Crippen LogP contribution in [0, 0.1) is 0 Å². The third-order valence-corrected chi connectivity index (χ3v) is 7.44. The van der Waals surface area contributed by atoms with Crippen LogP contribution in [0.15, 0.2) is 91.4 Å². The van der Waals surface area contributed by atoms with Gasteiger partial charge in [0.1, 0.15) is 11.0 Å². The highest BCUT2D eigenvalue weighted by Crippen LogP contribution is 2.32. The molecule has 8 heteroatoms. The number of aromatic amines is 2. The van der Waals surface area contributed by atoms with E-state index in [4.69, 9.17) is 9.97 Å². The van der Waals surface area contributed by atoms with Crippen LogP contribution in [0.1, 0.15) is 24.8 Å². The Morgan fingerprint density at radius 1 is 0.875 bits per heavy atom. The maximum Gasteiger partial charge on any atom is 0.161 e. The lowest BCUT2D eigenvalue weighted by molar-refractivity contribution is 0.579. The molecule has 4 aromatic heterocycles. The molecule has 0 amide bonds. The van der Waals surface area contributed by atoms with Crippen LogP contribution >= 0.6 is 0 Å². The number of piperidine rings is 1. The van der Waals surface area contributed by atoms with Gasteiger partial charge in [0.15, 0.2) is 11.5 Å². The molecule has 1 aliphatic heterocycles. The number of nitrogens with one attached hydrogen (secondary N) is 3. The average molecular weight is 527 g/mol. The van der Waals surface area contributed by atoms with Gasteiger partial charge in [-0.15, -0.1) is 0 Å². The minimum atomic E-state index is 0.705. The predicted molar refractivity (Wildman–Crippen MR) is 161 cm³/mol. The van der Waals surface area contributed by atoms with Gasteiger partial charge in [0.25, 0.3) is 0 Å². The molecule has 0 saturated carbocycles. The van der Waals surface area contributed by atoms with Crippen molar-refractivity contribution < 1.29 is 0 Å². The van der Waals surface area contributed by atoms with Crippen LogP contribution in [0.3, 0.4) is 0 Å². The van der Waals surface area contributed by atoms with E-state index in [-0.39, 0.29) is 0 Å². The number of H-pyrrole nitrogens is 2. The average Bonchev–Trinajstić information content (AvgIpc) is 3.62. The Kier molecular flexibility index (Phi) is 6.20. The molecule has 7 rings (SSSR count). The molecule has 0 unspecified atom stereocenters. The van der Waals surface area contributed by atoms with Crippen molar-refractivity contribution in [2.75, 3.05) is 23.3 Å². The summed E-state index contributed by atoms with van der Waals surface area (Å²) in [6, 6.07) is 22.6. The smallest absolute Gasteiger partial charge is 0.161 e. The zero-order valence-electron chi connectivity index (χ0n) is 22.2. The van der Waals surface area contributed by atoms with Crippen LogP contribution in [0.2, 0.25) is 0 Å². The lowest BCUT2D eigenvalue weighted by Gasteiger charge is -2.28. The van der Waals surface area contributed by atoms with E-state index in [2.05, 4.69) is 67.3 Å². The summed E-state index contributed by atoms with van der Waals surface area (Å²) in [7, 11) is 0. The van der Waals surface area contributed by atoms with Crippen LogP contribution in [0.4, 0.5) is 11.4 Å². The molecule has 1 saturated heterocycles. The van der Waals surface area contributed by atoms with Gasteiger partial charge in [-0.1, -0.05) is 43.0 Å². The van der Waals surface area contributed by atoms with E-state index < -0.39 is 0 Å². The molecule has 5 heterocycles. The quantitative estimate of drug-likeness (QED) is 0.214. The highest BCUT2D eigenvalue weighted by molar-refractivity contribution is 5.95. The number of pyridine rings is 2. The first-order chi connectivity index (χ1) is 19.7. The highest BCUT2D eigenvalue weighted by atomic mass is 15.2. The van der Waals surface area contributed by atoms with Gasteiger partial charge in [-0.25, -0.2) is 9.97 Å². The molecular weight excluding hydrogens is 496 g/mol. The van der Waals surface area contributed by atoms with Gasteiger partial charge >= 0.3 is 0 Å². The molecule has 0 atom stereocenters. The Balaban J connectivity index is 1.19. The second-order valence-electron chi connectivity index (χ2n) is 10.3. The van der Waals surface area contributed by atoms with Crippen molar-refractivity contribution in [1.29, 1.82) is 0 Å². The van der Waals surface area contributed by atoms with E-state index in [1.165, 1.54) is 30.5 Å². The summed E-state index contributed by atoms with van der Waals surface area (Å²) in [5, 5.41) is 11.1. The fraction of sp³-hybridized carbons (Fsp3) is 0.188. The zero-order valence-corrected chi connectivity index (χ0v) is 22.2. The standard InChI is InChI=1S/C32H30N8/c1-21(17-22-9-4-2-5-10-22)34-24-18-23(19-33-20-24)25-13-14-27-30(35-25)31(39-38-27)32-36-26-11-8-12-28(29(26)37-32)40-15-6-3-7-16-40/h2,4-5,8-14,18-20,34H,1,3,6-7,15-17H2,(H,36,37)(H,38,39). The van der Waals surface area contributed by atoms with Crippen molar-refractivity contribution in [1.82, 2.24) is 30.1 Å². The first-order valence-electron chi connectivity index (χ1n) is 13.7. The third-order valence-electron chi connectivity index (χ3n) is 7.44. The summed E-state index contributed by atoms with van der Waals surface area (Å²) in [5.74, 6) is 0.709. The molecule has 0 bridgehead atoms. The maximum atomic E-state index is 5.01. The first-order valence-corrected chi connectivity index (χ1v) is 13.7. The first kappa shape index (κ1) is 24.1. The topological polar surface area (TPSA) is 98.4 Å². The van der Waals surface area contributed by atoms with Gasteiger partial charge in [0, 0.05) is 37.0 Å². The minimum absolute atomic E-state index is 0.705. The lowest BCUT2D eigenvalue weighted by atomic mass is 10.1. The molecule has 8 nitrogen and oxygen atoms in total. The van der Waals surface area contributed by atoms with Gasteiger partial charge < -0.3 is 15.2 Å². The van der Waals surface area contributed by atoms with Crippen LogP contribution in [0.25, 0.3) is 44.8 Å². The Hall–Kier alpha value is -4.98. The number of benzene rings is 2. The number of rotatable bonds is 7. The number of imidazole rings is 1. The van der Waals surface area contributed by atoms with E-state index in [9.17, 15) is 0 Å². The minimum Gasteiger partial charge on any atom is -0.370 e. The number of hydrogen-bond acceptors (Lipinski definition) is 6. The Bertz CT molecular complexity index is 1810. The van der Waals surface area contributed by atoms with E-state index in [0.717, 1.165) is 64.2 Å². The van der Waals surface area contributed by atoms with E-state index in [1.807, 2.05) is 42.6 Å². The number of para-hydroxylation sites is 1. The van der Waals surface area contributed by atoms with E-state index >= 15 is 0 Å². The second-order valence-corrected chi connectivity index (χ2v) is 10.3. The fourth-order valence-corrected chi connectivity index (χ4v) is 5.48. The molecular formula is C32H30N8. The summed E-state index contributed by atoms with van der Waals surface area (Å²) in [6.07, 6.45) is 8.10. The lowest BCUT2D eigenvalue weighted by Crippen LogP contribution is -2.29. The summed E-state index contributed by atoms with van der Waals surface area (Å²) in [4.78, 5) is 20.4. The molecule has 0 spiro atoms. The molecule has 3 N–H and O–H groups in total. The Labute approximate surface area is 232 Å². The molecule has 2 aromatic carbocycles.